The smallest absolute Gasteiger partial charge is 0.164 e. The molecule has 0 N–H and O–H groups in total. The van der Waals surface area contributed by atoms with Crippen LogP contribution in [0.1, 0.15) is 0 Å². The molecule has 0 fully saturated rings. The maximum Gasteiger partial charge on any atom is 0.164 e. The molecule has 3 heteroatoms. The molecule has 0 saturated carbocycles. The van der Waals surface area contributed by atoms with E-state index in [1.807, 2.05) is 30.3 Å². The lowest BCUT2D eigenvalue weighted by Gasteiger charge is -2.14. The van der Waals surface area contributed by atoms with Gasteiger partial charge in [0.15, 0.2) is 17.5 Å². The lowest BCUT2D eigenvalue weighted by Crippen LogP contribution is -2.00. The first-order valence-corrected chi connectivity index (χ1v) is 16.2. The van der Waals surface area contributed by atoms with E-state index in [4.69, 9.17) is 15.0 Å². The number of rotatable bonds is 5. The Bertz CT molecular complexity index is 2620. The second-order valence-electron chi connectivity index (χ2n) is 12.1. The first-order valence-electron chi connectivity index (χ1n) is 16.2. The molecule has 0 bridgehead atoms. The molecule has 8 aromatic carbocycles. The first kappa shape index (κ1) is 27.8. The van der Waals surface area contributed by atoms with Crippen LogP contribution in [0.5, 0.6) is 0 Å². The molecule has 1 aromatic heterocycles. The van der Waals surface area contributed by atoms with Gasteiger partial charge in [-0.2, -0.15) is 0 Å². The summed E-state index contributed by atoms with van der Waals surface area (Å²) in [4.78, 5) is 15.0. The number of nitrogens with zero attached hydrogens (tertiary/aromatic N) is 3. The van der Waals surface area contributed by atoms with Crippen LogP contribution in [-0.4, -0.2) is 15.0 Å². The number of fused-ring (bicyclic) bond motifs is 3. The van der Waals surface area contributed by atoms with E-state index in [-0.39, 0.29) is 0 Å². The summed E-state index contributed by atoms with van der Waals surface area (Å²) in [5.41, 5.74) is 7.74. The molecule has 0 spiro atoms. The van der Waals surface area contributed by atoms with Crippen LogP contribution in [-0.2, 0) is 0 Å². The van der Waals surface area contributed by atoms with Crippen molar-refractivity contribution in [2.24, 2.45) is 0 Å². The summed E-state index contributed by atoms with van der Waals surface area (Å²) in [7, 11) is 0. The normalized spacial score (nSPS) is 11.3. The van der Waals surface area contributed by atoms with Crippen molar-refractivity contribution in [3.05, 3.63) is 176 Å². The molecule has 224 valence electrons. The SMILES string of the molecule is c1ccc(-c2nc(-c3ccc4ccccc4c3)nc(-c3ccc4cc(-c5ccccc5-c5cccc6ccccc56)ccc4c3)n2)cc1. The fraction of sp³-hybridized carbons (Fsp3) is 0. The monoisotopic (exact) mass is 611 g/mol. The van der Waals surface area contributed by atoms with Crippen LogP contribution in [0, 0.1) is 0 Å². The van der Waals surface area contributed by atoms with Crippen LogP contribution in [0.25, 0.3) is 88.7 Å². The van der Waals surface area contributed by atoms with E-state index in [0.29, 0.717) is 17.5 Å². The minimum absolute atomic E-state index is 0.652. The Labute approximate surface area is 278 Å². The fourth-order valence-corrected chi connectivity index (χ4v) is 6.66. The van der Waals surface area contributed by atoms with Crippen LogP contribution in [0.4, 0.5) is 0 Å². The molecule has 9 rings (SSSR count). The third-order valence-electron chi connectivity index (χ3n) is 9.09. The van der Waals surface area contributed by atoms with Gasteiger partial charge in [0.25, 0.3) is 0 Å². The van der Waals surface area contributed by atoms with Crippen LogP contribution >= 0.6 is 0 Å². The molecule has 48 heavy (non-hydrogen) atoms. The van der Waals surface area contributed by atoms with Gasteiger partial charge in [-0.25, -0.2) is 15.0 Å². The van der Waals surface area contributed by atoms with Crippen molar-refractivity contribution >= 4 is 32.3 Å². The summed E-state index contributed by atoms with van der Waals surface area (Å²) >= 11 is 0. The lowest BCUT2D eigenvalue weighted by molar-refractivity contribution is 1.08. The van der Waals surface area contributed by atoms with E-state index in [9.17, 15) is 0 Å². The number of aromatic nitrogens is 3. The number of hydrogen-bond donors (Lipinski definition) is 0. The lowest BCUT2D eigenvalue weighted by atomic mass is 9.90. The standard InChI is InChI=1S/C45H29N3/c1-2-13-32(14-3-1)43-46-44(37-25-21-30-11-4-5-15-33(30)28-37)48-45(47-43)38-26-23-34-27-36(24-22-35(34)29-38)40-18-8-9-19-41(40)42-20-10-16-31-12-6-7-17-39(31)42/h1-29H. The Balaban J connectivity index is 1.14. The largest absolute Gasteiger partial charge is 0.208 e. The molecule has 0 aliphatic heterocycles. The number of benzene rings is 8. The molecule has 3 nitrogen and oxygen atoms in total. The summed E-state index contributed by atoms with van der Waals surface area (Å²) in [6.45, 7) is 0. The maximum absolute atomic E-state index is 5.03. The zero-order valence-electron chi connectivity index (χ0n) is 26.1. The highest BCUT2D eigenvalue weighted by atomic mass is 15.0. The molecule has 0 saturated heterocycles. The van der Waals surface area contributed by atoms with Crippen molar-refractivity contribution in [2.75, 3.05) is 0 Å². The van der Waals surface area contributed by atoms with Crippen molar-refractivity contribution < 1.29 is 0 Å². The second kappa shape index (κ2) is 11.7. The van der Waals surface area contributed by atoms with Gasteiger partial charge >= 0.3 is 0 Å². The highest BCUT2D eigenvalue weighted by Crippen LogP contribution is 2.37. The third kappa shape index (κ3) is 5.08. The second-order valence-corrected chi connectivity index (χ2v) is 12.1. The van der Waals surface area contributed by atoms with Gasteiger partial charge in [-0.15, -0.1) is 0 Å². The summed E-state index contributed by atoms with van der Waals surface area (Å²) in [6.07, 6.45) is 0. The van der Waals surface area contributed by atoms with Gasteiger partial charge in [-0.05, 0) is 72.8 Å². The zero-order chi connectivity index (χ0) is 31.9. The van der Waals surface area contributed by atoms with Crippen molar-refractivity contribution in [3.63, 3.8) is 0 Å². The fourth-order valence-electron chi connectivity index (χ4n) is 6.66. The zero-order valence-corrected chi connectivity index (χ0v) is 26.1. The molecule has 1 heterocycles. The number of hydrogen-bond acceptors (Lipinski definition) is 3. The van der Waals surface area contributed by atoms with Crippen molar-refractivity contribution in [1.82, 2.24) is 15.0 Å². The Morgan fingerprint density at radius 2 is 0.708 bits per heavy atom. The van der Waals surface area contributed by atoms with E-state index >= 15 is 0 Å². The van der Waals surface area contributed by atoms with Crippen molar-refractivity contribution in [1.29, 1.82) is 0 Å². The molecule has 0 aliphatic carbocycles. The van der Waals surface area contributed by atoms with Crippen LogP contribution in [0.3, 0.4) is 0 Å². The predicted octanol–water partition coefficient (Wildman–Crippen LogP) is 11.7. The highest BCUT2D eigenvalue weighted by Gasteiger charge is 2.14. The molecule has 0 aliphatic rings. The van der Waals surface area contributed by atoms with E-state index in [1.165, 1.54) is 38.4 Å². The van der Waals surface area contributed by atoms with E-state index < -0.39 is 0 Å². The minimum Gasteiger partial charge on any atom is -0.208 e. The molecule has 0 radical (unpaired) electrons. The Morgan fingerprint density at radius 1 is 0.250 bits per heavy atom. The average molecular weight is 612 g/mol. The molecular weight excluding hydrogens is 583 g/mol. The molecule has 0 amide bonds. The molecule has 0 atom stereocenters. The third-order valence-corrected chi connectivity index (χ3v) is 9.09. The topological polar surface area (TPSA) is 38.7 Å². The maximum atomic E-state index is 5.03. The Kier molecular flexibility index (Phi) is 6.80. The Hall–Kier alpha value is -6.45. The summed E-state index contributed by atoms with van der Waals surface area (Å²) in [5.74, 6) is 1.97. The van der Waals surface area contributed by atoms with Crippen molar-refractivity contribution in [3.8, 4) is 56.4 Å². The first-order chi connectivity index (χ1) is 23.8. The van der Waals surface area contributed by atoms with Gasteiger partial charge in [0.2, 0.25) is 0 Å². The van der Waals surface area contributed by atoms with Crippen LogP contribution in [0.2, 0.25) is 0 Å². The van der Waals surface area contributed by atoms with E-state index in [0.717, 1.165) is 32.8 Å². The van der Waals surface area contributed by atoms with Gasteiger partial charge < -0.3 is 0 Å². The predicted molar refractivity (Wildman–Crippen MR) is 200 cm³/mol. The van der Waals surface area contributed by atoms with Gasteiger partial charge in [0.05, 0.1) is 0 Å². The molecule has 9 aromatic rings. The quantitative estimate of drug-likeness (QED) is 0.194. The molecular formula is C45H29N3. The van der Waals surface area contributed by atoms with Gasteiger partial charge in [0, 0.05) is 16.7 Å². The summed E-state index contributed by atoms with van der Waals surface area (Å²) in [6, 6.07) is 61.9. The van der Waals surface area contributed by atoms with Crippen molar-refractivity contribution in [2.45, 2.75) is 0 Å². The van der Waals surface area contributed by atoms with Gasteiger partial charge in [0.1, 0.15) is 0 Å². The van der Waals surface area contributed by atoms with E-state index in [1.54, 1.807) is 0 Å². The molecule has 0 unspecified atom stereocenters. The van der Waals surface area contributed by atoms with E-state index in [2.05, 4.69) is 146 Å². The summed E-state index contributed by atoms with van der Waals surface area (Å²) in [5, 5.41) is 7.14. The minimum atomic E-state index is 0.652. The van der Waals surface area contributed by atoms with Crippen LogP contribution < -0.4 is 0 Å². The summed E-state index contributed by atoms with van der Waals surface area (Å²) < 4.78 is 0. The Morgan fingerprint density at radius 3 is 1.44 bits per heavy atom. The van der Waals surface area contributed by atoms with Crippen LogP contribution in [0.15, 0.2) is 176 Å². The highest BCUT2D eigenvalue weighted by molar-refractivity contribution is 6.01. The van der Waals surface area contributed by atoms with Gasteiger partial charge in [-0.3, -0.25) is 0 Å². The average Bonchev–Trinajstić information content (AvgIpc) is 3.17. The van der Waals surface area contributed by atoms with Gasteiger partial charge in [-0.1, -0.05) is 158 Å².